The van der Waals surface area contributed by atoms with Gasteiger partial charge in [0.15, 0.2) is 0 Å². The quantitative estimate of drug-likeness (QED) is 0.653. The van der Waals surface area contributed by atoms with E-state index < -0.39 is 5.60 Å². The number of alkyl halides is 1. The Hall–Kier alpha value is -1.06. The highest BCUT2D eigenvalue weighted by Gasteiger charge is 2.13. The van der Waals surface area contributed by atoms with Gasteiger partial charge in [0.1, 0.15) is 0 Å². The van der Waals surface area contributed by atoms with Crippen molar-refractivity contribution in [3.8, 4) is 0 Å². The summed E-state index contributed by atoms with van der Waals surface area (Å²) in [4.78, 5) is 16.9. The van der Waals surface area contributed by atoms with Gasteiger partial charge in [-0.3, -0.25) is 9.63 Å². The lowest BCUT2D eigenvalue weighted by atomic mass is 10.1. The fraction of sp³-hybridized carbons (Fsp3) is 0.417. The van der Waals surface area contributed by atoms with Gasteiger partial charge in [-0.05, 0) is 38.5 Å². The molecule has 3 nitrogen and oxygen atoms in total. The summed E-state index contributed by atoms with van der Waals surface area (Å²) < 4.78 is 0. The molecule has 1 amide bonds. The molecule has 0 aliphatic carbocycles. The second-order valence-corrected chi connectivity index (χ2v) is 4.75. The zero-order valence-corrected chi connectivity index (χ0v) is 10.5. The Morgan fingerprint density at radius 1 is 1.44 bits per heavy atom. The fourth-order valence-corrected chi connectivity index (χ4v) is 1.22. The molecular weight excluding hydrogens is 226 g/mol. The van der Waals surface area contributed by atoms with Crippen LogP contribution in [0.5, 0.6) is 0 Å². The molecule has 1 aromatic carbocycles. The summed E-state index contributed by atoms with van der Waals surface area (Å²) in [7, 11) is 0. The molecule has 4 heteroatoms. The van der Waals surface area contributed by atoms with Crippen molar-refractivity contribution in [3.63, 3.8) is 0 Å². The van der Waals surface area contributed by atoms with Crippen molar-refractivity contribution >= 4 is 17.5 Å². The summed E-state index contributed by atoms with van der Waals surface area (Å²) in [5, 5.41) is 0. The zero-order chi connectivity index (χ0) is 12.2. The van der Waals surface area contributed by atoms with Crippen LogP contribution < -0.4 is 5.48 Å². The molecule has 0 fully saturated rings. The third-order valence-corrected chi connectivity index (χ3v) is 2.10. The second-order valence-electron chi connectivity index (χ2n) is 4.48. The van der Waals surface area contributed by atoms with E-state index in [2.05, 4.69) is 5.48 Å². The lowest BCUT2D eigenvalue weighted by molar-refractivity contribution is -0.0589. The number of hydroxylamine groups is 1. The van der Waals surface area contributed by atoms with Crippen molar-refractivity contribution in [2.75, 3.05) is 0 Å². The van der Waals surface area contributed by atoms with E-state index >= 15 is 0 Å². The maximum Gasteiger partial charge on any atom is 0.274 e. The number of carbonyl (C=O) groups excluding carboxylic acids is 1. The Labute approximate surface area is 101 Å². The van der Waals surface area contributed by atoms with E-state index in [4.69, 9.17) is 16.4 Å². The van der Waals surface area contributed by atoms with E-state index in [1.165, 1.54) is 0 Å². The van der Waals surface area contributed by atoms with Crippen LogP contribution in [0.3, 0.4) is 0 Å². The monoisotopic (exact) mass is 241 g/mol. The van der Waals surface area contributed by atoms with Gasteiger partial charge in [-0.25, -0.2) is 5.48 Å². The molecule has 0 saturated heterocycles. The van der Waals surface area contributed by atoms with Crippen LogP contribution >= 0.6 is 11.6 Å². The molecule has 1 rings (SSSR count). The third-order valence-electron chi connectivity index (χ3n) is 1.79. The largest absolute Gasteiger partial charge is 0.274 e. The van der Waals surface area contributed by atoms with Gasteiger partial charge in [0.05, 0.1) is 5.60 Å². The van der Waals surface area contributed by atoms with Crippen molar-refractivity contribution in [1.29, 1.82) is 0 Å². The average molecular weight is 242 g/mol. The van der Waals surface area contributed by atoms with Gasteiger partial charge in [0.25, 0.3) is 5.91 Å². The van der Waals surface area contributed by atoms with E-state index in [1.54, 1.807) is 18.2 Å². The summed E-state index contributed by atoms with van der Waals surface area (Å²) in [6.07, 6.45) is 0. The van der Waals surface area contributed by atoms with Crippen molar-refractivity contribution in [2.24, 2.45) is 0 Å². The molecule has 1 N–H and O–H groups in total. The first-order valence-corrected chi connectivity index (χ1v) is 5.59. The minimum absolute atomic E-state index is 0.262. The van der Waals surface area contributed by atoms with Crippen molar-refractivity contribution < 1.29 is 9.63 Å². The SMILES string of the molecule is CC(C)(C)ONC(=O)c1cccc(CCl)c1. The van der Waals surface area contributed by atoms with Crippen LogP contribution in [0, 0.1) is 0 Å². The molecule has 0 radical (unpaired) electrons. The standard InChI is InChI=1S/C12H16ClNO2/c1-12(2,3)16-14-11(15)10-6-4-5-9(7-10)8-13/h4-7H,8H2,1-3H3,(H,14,15). The predicted octanol–water partition coefficient (Wildman–Crippen LogP) is 2.89. The summed E-state index contributed by atoms with van der Waals surface area (Å²) in [5.41, 5.74) is 3.46. The third kappa shape index (κ3) is 4.21. The molecule has 1 aromatic rings. The van der Waals surface area contributed by atoms with Crippen LogP contribution in [-0.4, -0.2) is 11.5 Å². The highest BCUT2D eigenvalue weighted by atomic mass is 35.5. The molecule has 0 spiro atoms. The normalized spacial score (nSPS) is 11.2. The van der Waals surface area contributed by atoms with Crippen LogP contribution in [-0.2, 0) is 10.7 Å². The van der Waals surface area contributed by atoms with E-state index in [1.807, 2.05) is 26.8 Å². The highest BCUT2D eigenvalue weighted by Crippen LogP contribution is 2.09. The lowest BCUT2D eigenvalue weighted by Crippen LogP contribution is -2.33. The van der Waals surface area contributed by atoms with Crippen molar-refractivity contribution in [3.05, 3.63) is 35.4 Å². The average Bonchev–Trinajstić information content (AvgIpc) is 2.25. The number of halogens is 1. The number of benzene rings is 1. The van der Waals surface area contributed by atoms with Gasteiger partial charge in [-0.1, -0.05) is 12.1 Å². The van der Waals surface area contributed by atoms with Gasteiger partial charge in [-0.2, -0.15) is 0 Å². The fourth-order valence-electron chi connectivity index (χ4n) is 1.05. The van der Waals surface area contributed by atoms with E-state index in [9.17, 15) is 4.79 Å². The number of hydrogen-bond donors (Lipinski definition) is 1. The summed E-state index contributed by atoms with van der Waals surface area (Å²) in [6.45, 7) is 5.59. The zero-order valence-electron chi connectivity index (χ0n) is 9.71. The van der Waals surface area contributed by atoms with Gasteiger partial charge in [-0.15, -0.1) is 11.6 Å². The van der Waals surface area contributed by atoms with Gasteiger partial charge >= 0.3 is 0 Å². The van der Waals surface area contributed by atoms with Crippen LogP contribution in [0.4, 0.5) is 0 Å². The van der Waals surface area contributed by atoms with Crippen molar-refractivity contribution in [1.82, 2.24) is 5.48 Å². The molecule has 0 atom stereocenters. The summed E-state index contributed by atoms with van der Waals surface area (Å²) in [6, 6.07) is 7.13. The minimum Gasteiger partial charge on any atom is -0.268 e. The molecule has 0 unspecified atom stereocenters. The van der Waals surface area contributed by atoms with Crippen LogP contribution in [0.1, 0.15) is 36.7 Å². The molecule has 0 bridgehead atoms. The van der Waals surface area contributed by atoms with Crippen LogP contribution in [0.2, 0.25) is 0 Å². The smallest absolute Gasteiger partial charge is 0.268 e. The first-order chi connectivity index (χ1) is 7.42. The summed E-state index contributed by atoms with van der Waals surface area (Å²) in [5.74, 6) is 0.128. The molecule has 0 saturated carbocycles. The summed E-state index contributed by atoms with van der Waals surface area (Å²) >= 11 is 5.69. The number of hydrogen-bond acceptors (Lipinski definition) is 2. The maximum atomic E-state index is 11.7. The molecule has 88 valence electrons. The van der Waals surface area contributed by atoms with Gasteiger partial charge in [0, 0.05) is 11.4 Å². The number of nitrogens with one attached hydrogen (secondary N) is 1. The van der Waals surface area contributed by atoms with Gasteiger partial charge < -0.3 is 0 Å². The van der Waals surface area contributed by atoms with E-state index in [0.717, 1.165) is 5.56 Å². The molecular formula is C12H16ClNO2. The Balaban J connectivity index is 2.66. The minimum atomic E-state index is -0.403. The first kappa shape index (κ1) is 13.0. The van der Waals surface area contributed by atoms with Crippen molar-refractivity contribution in [2.45, 2.75) is 32.3 Å². The molecule has 0 aliphatic heterocycles. The Morgan fingerprint density at radius 3 is 2.69 bits per heavy atom. The number of carbonyl (C=O) groups is 1. The molecule has 16 heavy (non-hydrogen) atoms. The lowest BCUT2D eigenvalue weighted by Gasteiger charge is -2.18. The second kappa shape index (κ2) is 5.32. The Kier molecular flexibility index (Phi) is 4.33. The molecule has 0 aliphatic rings. The van der Waals surface area contributed by atoms with Gasteiger partial charge in [0.2, 0.25) is 0 Å². The molecule has 0 heterocycles. The Morgan fingerprint density at radius 2 is 2.12 bits per heavy atom. The van der Waals surface area contributed by atoms with E-state index in [0.29, 0.717) is 11.4 Å². The number of amides is 1. The first-order valence-electron chi connectivity index (χ1n) is 5.05. The topological polar surface area (TPSA) is 38.3 Å². The predicted molar refractivity (Wildman–Crippen MR) is 64.3 cm³/mol. The Bertz CT molecular complexity index is 372. The van der Waals surface area contributed by atoms with Crippen LogP contribution in [0.25, 0.3) is 0 Å². The van der Waals surface area contributed by atoms with Crippen LogP contribution in [0.15, 0.2) is 24.3 Å². The van der Waals surface area contributed by atoms with E-state index in [-0.39, 0.29) is 5.91 Å². The molecule has 0 aromatic heterocycles. The number of rotatable bonds is 3. The highest BCUT2D eigenvalue weighted by molar-refractivity contribution is 6.17. The maximum absolute atomic E-state index is 11.7.